The molecule has 0 aliphatic carbocycles. The van der Waals surface area contributed by atoms with Crippen molar-refractivity contribution in [2.75, 3.05) is 18.0 Å². The second kappa shape index (κ2) is 5.86. The second-order valence-corrected chi connectivity index (χ2v) is 8.16. The monoisotopic (exact) mass is 304 g/mol. The van der Waals surface area contributed by atoms with Crippen LogP contribution >= 0.6 is 0 Å². The molecule has 122 valence electrons. The van der Waals surface area contributed by atoms with Gasteiger partial charge in [-0.2, -0.15) is 0 Å². The van der Waals surface area contributed by atoms with E-state index in [4.69, 9.17) is 0 Å². The number of aromatic nitrogens is 2. The maximum atomic E-state index is 12.3. The summed E-state index contributed by atoms with van der Waals surface area (Å²) < 4.78 is 0. The molecule has 1 aromatic heterocycles. The van der Waals surface area contributed by atoms with Crippen molar-refractivity contribution in [1.29, 1.82) is 0 Å². The number of amides is 1. The van der Waals surface area contributed by atoms with Crippen molar-refractivity contribution in [3.63, 3.8) is 0 Å². The molecule has 5 heteroatoms. The van der Waals surface area contributed by atoms with Gasteiger partial charge in [-0.3, -0.25) is 4.79 Å². The lowest BCUT2D eigenvalue weighted by atomic mass is 9.96. The standard InChI is InChI=1S/C17H28N4O/c1-16(2,3)15-18-9-7-13(19-15)21-10-8-12(11-21)14(22)20-17(4,5)6/h7,9,12H,8,10-11H2,1-6H3,(H,20,22). The van der Waals surface area contributed by atoms with Crippen molar-refractivity contribution >= 4 is 11.7 Å². The molecule has 0 bridgehead atoms. The molecule has 1 unspecified atom stereocenters. The SMILES string of the molecule is CC(C)(C)NC(=O)C1CCN(c2ccnc(C(C)(C)C)n2)C1. The van der Waals surface area contributed by atoms with E-state index in [1.54, 1.807) is 0 Å². The molecule has 1 saturated heterocycles. The topological polar surface area (TPSA) is 58.1 Å². The summed E-state index contributed by atoms with van der Waals surface area (Å²) in [6, 6.07) is 1.93. The van der Waals surface area contributed by atoms with Gasteiger partial charge in [0.2, 0.25) is 5.91 Å². The Morgan fingerprint density at radius 3 is 2.55 bits per heavy atom. The van der Waals surface area contributed by atoms with Crippen molar-refractivity contribution in [1.82, 2.24) is 15.3 Å². The van der Waals surface area contributed by atoms with Gasteiger partial charge in [-0.1, -0.05) is 20.8 Å². The summed E-state index contributed by atoms with van der Waals surface area (Å²) in [5, 5.41) is 3.07. The molecule has 22 heavy (non-hydrogen) atoms. The first-order valence-corrected chi connectivity index (χ1v) is 7.97. The molecule has 2 rings (SSSR count). The highest BCUT2D eigenvalue weighted by Gasteiger charge is 2.31. The van der Waals surface area contributed by atoms with Gasteiger partial charge >= 0.3 is 0 Å². The maximum absolute atomic E-state index is 12.3. The summed E-state index contributed by atoms with van der Waals surface area (Å²) >= 11 is 0. The highest BCUT2D eigenvalue weighted by atomic mass is 16.2. The van der Waals surface area contributed by atoms with Crippen molar-refractivity contribution in [3.8, 4) is 0 Å². The largest absolute Gasteiger partial charge is 0.356 e. The zero-order valence-electron chi connectivity index (χ0n) is 14.6. The summed E-state index contributed by atoms with van der Waals surface area (Å²) in [7, 11) is 0. The van der Waals surface area contributed by atoms with E-state index in [-0.39, 0.29) is 22.8 Å². The number of nitrogens with zero attached hydrogens (tertiary/aromatic N) is 3. The number of carbonyl (C=O) groups is 1. The third kappa shape index (κ3) is 4.18. The lowest BCUT2D eigenvalue weighted by Crippen LogP contribution is -2.44. The number of nitrogens with one attached hydrogen (secondary N) is 1. The van der Waals surface area contributed by atoms with Crippen LogP contribution < -0.4 is 10.2 Å². The van der Waals surface area contributed by atoms with Crippen molar-refractivity contribution in [2.24, 2.45) is 5.92 Å². The van der Waals surface area contributed by atoms with Crippen LogP contribution in [0.5, 0.6) is 0 Å². The van der Waals surface area contributed by atoms with Gasteiger partial charge in [0.1, 0.15) is 11.6 Å². The smallest absolute Gasteiger partial charge is 0.225 e. The fourth-order valence-electron chi connectivity index (χ4n) is 2.54. The molecule has 0 aromatic carbocycles. The number of rotatable bonds is 2. The van der Waals surface area contributed by atoms with Crippen molar-refractivity contribution in [2.45, 2.75) is 58.9 Å². The fraction of sp³-hybridized carbons (Fsp3) is 0.706. The molecule has 1 aromatic rings. The van der Waals surface area contributed by atoms with E-state index in [9.17, 15) is 4.79 Å². The summed E-state index contributed by atoms with van der Waals surface area (Å²) in [6.07, 6.45) is 2.68. The van der Waals surface area contributed by atoms with Crippen LogP contribution in [0.4, 0.5) is 5.82 Å². The Bertz CT molecular complexity index is 542. The molecule has 1 amide bonds. The van der Waals surface area contributed by atoms with Gasteiger partial charge in [-0.05, 0) is 33.3 Å². The number of carbonyl (C=O) groups excluding carboxylic acids is 1. The molecular formula is C17H28N4O. The van der Waals surface area contributed by atoms with E-state index in [2.05, 4.69) is 41.0 Å². The number of hydrogen-bond acceptors (Lipinski definition) is 4. The first kappa shape index (κ1) is 16.7. The van der Waals surface area contributed by atoms with Gasteiger partial charge in [-0.15, -0.1) is 0 Å². The maximum Gasteiger partial charge on any atom is 0.225 e. The summed E-state index contributed by atoms with van der Waals surface area (Å²) in [6.45, 7) is 13.9. The van der Waals surface area contributed by atoms with E-state index in [0.29, 0.717) is 0 Å². The Balaban J connectivity index is 2.06. The normalized spacial score (nSPS) is 19.4. The van der Waals surface area contributed by atoms with Crippen LogP contribution in [0.1, 0.15) is 53.8 Å². The lowest BCUT2D eigenvalue weighted by molar-refractivity contribution is -0.125. The molecule has 1 fully saturated rings. The Kier molecular flexibility index (Phi) is 4.45. The Hall–Kier alpha value is -1.65. The van der Waals surface area contributed by atoms with Crippen LogP contribution in [0.25, 0.3) is 0 Å². The average molecular weight is 304 g/mol. The quantitative estimate of drug-likeness (QED) is 0.912. The van der Waals surface area contributed by atoms with E-state index >= 15 is 0 Å². The molecule has 2 heterocycles. The minimum absolute atomic E-state index is 0.0345. The predicted octanol–water partition coefficient (Wildman–Crippen LogP) is 2.52. The Morgan fingerprint density at radius 2 is 1.95 bits per heavy atom. The molecule has 0 saturated carbocycles. The molecule has 1 atom stereocenters. The van der Waals surface area contributed by atoms with E-state index in [1.807, 2.05) is 33.0 Å². The Morgan fingerprint density at radius 1 is 1.27 bits per heavy atom. The lowest BCUT2D eigenvalue weighted by Gasteiger charge is -2.24. The van der Waals surface area contributed by atoms with Crippen LogP contribution in [-0.4, -0.2) is 34.5 Å². The third-order valence-corrected chi connectivity index (χ3v) is 3.69. The van der Waals surface area contributed by atoms with Crippen LogP contribution in [0.2, 0.25) is 0 Å². The van der Waals surface area contributed by atoms with Crippen molar-refractivity contribution < 1.29 is 4.79 Å². The van der Waals surface area contributed by atoms with E-state index < -0.39 is 0 Å². The summed E-state index contributed by atoms with van der Waals surface area (Å²) in [4.78, 5) is 23.5. The van der Waals surface area contributed by atoms with E-state index in [0.717, 1.165) is 31.2 Å². The molecule has 0 radical (unpaired) electrons. The van der Waals surface area contributed by atoms with Crippen molar-refractivity contribution in [3.05, 3.63) is 18.1 Å². The van der Waals surface area contributed by atoms with Crippen LogP contribution in [0, 0.1) is 5.92 Å². The molecule has 0 spiro atoms. The first-order chi connectivity index (χ1) is 10.1. The number of hydrogen-bond donors (Lipinski definition) is 1. The Labute approximate surface area is 133 Å². The van der Waals surface area contributed by atoms with E-state index in [1.165, 1.54) is 0 Å². The van der Waals surface area contributed by atoms with Gasteiger partial charge in [0.15, 0.2) is 0 Å². The van der Waals surface area contributed by atoms with Crippen LogP contribution in [0.3, 0.4) is 0 Å². The zero-order chi connectivity index (χ0) is 16.5. The molecule has 1 N–H and O–H groups in total. The fourth-order valence-corrected chi connectivity index (χ4v) is 2.54. The van der Waals surface area contributed by atoms with Gasteiger partial charge < -0.3 is 10.2 Å². The summed E-state index contributed by atoms with van der Waals surface area (Å²) in [5.74, 6) is 1.94. The number of anilines is 1. The third-order valence-electron chi connectivity index (χ3n) is 3.69. The highest BCUT2D eigenvalue weighted by molar-refractivity contribution is 5.80. The van der Waals surface area contributed by atoms with Crippen LogP contribution in [0.15, 0.2) is 12.3 Å². The molecule has 5 nitrogen and oxygen atoms in total. The minimum atomic E-state index is -0.182. The first-order valence-electron chi connectivity index (χ1n) is 7.97. The van der Waals surface area contributed by atoms with Gasteiger partial charge in [0, 0.05) is 30.2 Å². The van der Waals surface area contributed by atoms with Crippen LogP contribution in [-0.2, 0) is 10.2 Å². The van der Waals surface area contributed by atoms with Gasteiger partial charge in [0.25, 0.3) is 0 Å². The molecular weight excluding hydrogens is 276 g/mol. The molecule has 1 aliphatic heterocycles. The van der Waals surface area contributed by atoms with Gasteiger partial charge in [-0.25, -0.2) is 9.97 Å². The zero-order valence-corrected chi connectivity index (χ0v) is 14.6. The summed E-state index contributed by atoms with van der Waals surface area (Å²) in [5.41, 5.74) is -0.252. The molecule has 1 aliphatic rings. The highest BCUT2D eigenvalue weighted by Crippen LogP contribution is 2.25. The van der Waals surface area contributed by atoms with Gasteiger partial charge in [0.05, 0.1) is 5.92 Å². The predicted molar refractivity (Wildman–Crippen MR) is 88.9 cm³/mol. The average Bonchev–Trinajstić information content (AvgIpc) is 2.85. The second-order valence-electron chi connectivity index (χ2n) is 8.16. The minimum Gasteiger partial charge on any atom is -0.356 e.